The molecular formula is C19H25N3O3. The number of carbonyl (C=O) groups is 1. The molecule has 0 fully saturated rings. The Morgan fingerprint density at radius 2 is 1.80 bits per heavy atom. The number of anilines is 2. The lowest BCUT2D eigenvalue weighted by Gasteiger charge is -2.25. The maximum Gasteiger partial charge on any atom is 0.373 e. The molecule has 1 aromatic carbocycles. The molecule has 1 heterocycles. The first-order valence-electron chi connectivity index (χ1n) is 8.47. The van der Waals surface area contributed by atoms with Crippen LogP contribution < -0.4 is 9.64 Å². The highest BCUT2D eigenvalue weighted by Crippen LogP contribution is 2.34. The van der Waals surface area contributed by atoms with Crippen LogP contribution in [0.1, 0.15) is 56.7 Å². The average Bonchev–Trinajstić information content (AvgIpc) is 2.55. The van der Waals surface area contributed by atoms with Crippen LogP contribution in [0.2, 0.25) is 0 Å². The minimum absolute atomic E-state index is 0.0843. The van der Waals surface area contributed by atoms with Crippen LogP contribution in [0.15, 0.2) is 30.6 Å². The van der Waals surface area contributed by atoms with Gasteiger partial charge in [0, 0.05) is 18.3 Å². The zero-order chi connectivity index (χ0) is 18.6. The van der Waals surface area contributed by atoms with Crippen molar-refractivity contribution in [1.82, 2.24) is 9.97 Å². The normalized spacial score (nSPS) is 11.0. The van der Waals surface area contributed by atoms with Gasteiger partial charge in [-0.1, -0.05) is 19.9 Å². The molecule has 2 rings (SSSR count). The first kappa shape index (κ1) is 18.7. The van der Waals surface area contributed by atoms with E-state index in [4.69, 9.17) is 9.84 Å². The highest BCUT2D eigenvalue weighted by atomic mass is 16.5. The number of aromatic nitrogens is 2. The Hall–Kier alpha value is -2.63. The molecule has 0 radical (unpaired) electrons. The number of benzene rings is 1. The Labute approximate surface area is 148 Å². The van der Waals surface area contributed by atoms with E-state index in [0.717, 1.165) is 22.7 Å². The molecule has 0 spiro atoms. The van der Waals surface area contributed by atoms with Gasteiger partial charge in [-0.05, 0) is 38.3 Å². The Morgan fingerprint density at radius 3 is 2.28 bits per heavy atom. The van der Waals surface area contributed by atoms with Crippen LogP contribution in [-0.4, -0.2) is 33.7 Å². The standard InChI is InChI=1S/C19H25N3O3/c1-6-22(15-10-20-18(19(23)24)21-11-15)14-7-8-16(12(2)3)17(9-14)25-13(4)5/h7-13H,6H2,1-5H3,(H,23,24). The van der Waals surface area contributed by atoms with Crippen LogP contribution in [0.3, 0.4) is 0 Å². The van der Waals surface area contributed by atoms with E-state index >= 15 is 0 Å². The number of carboxylic acids is 1. The molecule has 0 saturated heterocycles. The second-order valence-electron chi connectivity index (χ2n) is 6.36. The summed E-state index contributed by atoms with van der Waals surface area (Å²) in [6.07, 6.45) is 3.14. The van der Waals surface area contributed by atoms with Crippen LogP contribution in [0.4, 0.5) is 11.4 Å². The van der Waals surface area contributed by atoms with Crippen molar-refractivity contribution in [3.63, 3.8) is 0 Å². The smallest absolute Gasteiger partial charge is 0.373 e. The molecule has 0 aliphatic heterocycles. The van der Waals surface area contributed by atoms with Crippen molar-refractivity contribution in [2.45, 2.75) is 46.6 Å². The van der Waals surface area contributed by atoms with Gasteiger partial charge in [0.15, 0.2) is 0 Å². The Bertz CT molecular complexity index is 727. The molecule has 0 unspecified atom stereocenters. The van der Waals surface area contributed by atoms with Crippen molar-refractivity contribution in [2.24, 2.45) is 0 Å². The summed E-state index contributed by atoms with van der Waals surface area (Å²) in [5, 5.41) is 8.94. The lowest BCUT2D eigenvalue weighted by molar-refractivity contribution is 0.0683. The Morgan fingerprint density at radius 1 is 1.16 bits per heavy atom. The third-order valence-electron chi connectivity index (χ3n) is 3.75. The summed E-state index contributed by atoms with van der Waals surface area (Å²) in [4.78, 5) is 20.7. The Kier molecular flexibility index (Phi) is 5.96. The fraction of sp³-hybridized carbons (Fsp3) is 0.421. The number of aromatic carboxylic acids is 1. The highest BCUT2D eigenvalue weighted by molar-refractivity contribution is 5.83. The SMILES string of the molecule is CCN(c1cnc(C(=O)O)nc1)c1ccc(C(C)C)c(OC(C)C)c1. The van der Waals surface area contributed by atoms with Crippen LogP contribution >= 0.6 is 0 Å². The van der Waals surface area contributed by atoms with Gasteiger partial charge in [-0.25, -0.2) is 14.8 Å². The molecule has 0 saturated carbocycles. The van der Waals surface area contributed by atoms with Gasteiger partial charge in [0.2, 0.25) is 5.82 Å². The molecule has 0 amide bonds. The molecular weight excluding hydrogens is 318 g/mol. The molecule has 1 aromatic heterocycles. The van der Waals surface area contributed by atoms with Gasteiger partial charge in [0.1, 0.15) is 5.75 Å². The lowest BCUT2D eigenvalue weighted by Crippen LogP contribution is -2.18. The third-order valence-corrected chi connectivity index (χ3v) is 3.75. The van der Waals surface area contributed by atoms with Crippen LogP contribution in [-0.2, 0) is 0 Å². The number of hydrogen-bond donors (Lipinski definition) is 1. The zero-order valence-electron chi connectivity index (χ0n) is 15.4. The van der Waals surface area contributed by atoms with Crippen molar-refractivity contribution in [1.29, 1.82) is 0 Å². The molecule has 25 heavy (non-hydrogen) atoms. The van der Waals surface area contributed by atoms with E-state index in [1.54, 1.807) is 0 Å². The summed E-state index contributed by atoms with van der Waals surface area (Å²) in [6.45, 7) is 11.0. The minimum atomic E-state index is -1.14. The van der Waals surface area contributed by atoms with Crippen LogP contribution in [0, 0.1) is 0 Å². The zero-order valence-corrected chi connectivity index (χ0v) is 15.4. The summed E-state index contributed by atoms with van der Waals surface area (Å²) >= 11 is 0. The van der Waals surface area contributed by atoms with Gasteiger partial charge in [0.05, 0.1) is 24.2 Å². The van der Waals surface area contributed by atoms with Crippen molar-refractivity contribution in [3.8, 4) is 5.75 Å². The molecule has 0 atom stereocenters. The Balaban J connectivity index is 2.41. The average molecular weight is 343 g/mol. The van der Waals surface area contributed by atoms with Gasteiger partial charge in [-0.2, -0.15) is 0 Å². The van der Waals surface area contributed by atoms with Gasteiger partial charge >= 0.3 is 5.97 Å². The van der Waals surface area contributed by atoms with E-state index in [1.807, 2.05) is 37.8 Å². The summed E-state index contributed by atoms with van der Waals surface area (Å²) in [5.74, 6) is -0.123. The predicted molar refractivity (Wildman–Crippen MR) is 98.0 cm³/mol. The van der Waals surface area contributed by atoms with E-state index in [0.29, 0.717) is 12.5 Å². The molecule has 0 aliphatic carbocycles. The van der Waals surface area contributed by atoms with Crippen molar-refractivity contribution < 1.29 is 14.6 Å². The highest BCUT2D eigenvalue weighted by Gasteiger charge is 2.15. The maximum absolute atomic E-state index is 10.9. The van der Waals surface area contributed by atoms with Crippen molar-refractivity contribution >= 4 is 17.3 Å². The summed E-state index contributed by atoms with van der Waals surface area (Å²) in [5.41, 5.74) is 2.85. The van der Waals surface area contributed by atoms with E-state index in [9.17, 15) is 4.79 Å². The quantitative estimate of drug-likeness (QED) is 0.810. The summed E-state index contributed by atoms with van der Waals surface area (Å²) in [7, 11) is 0. The second-order valence-corrected chi connectivity index (χ2v) is 6.36. The fourth-order valence-corrected chi connectivity index (χ4v) is 2.61. The molecule has 1 N–H and O–H groups in total. The predicted octanol–water partition coefficient (Wildman–Crippen LogP) is 4.24. The molecule has 6 heteroatoms. The van der Waals surface area contributed by atoms with Crippen LogP contribution in [0.25, 0.3) is 0 Å². The minimum Gasteiger partial charge on any atom is -0.491 e. The summed E-state index contributed by atoms with van der Waals surface area (Å²) < 4.78 is 5.99. The first-order valence-corrected chi connectivity index (χ1v) is 8.47. The van der Waals surface area contributed by atoms with E-state index in [2.05, 4.69) is 29.9 Å². The largest absolute Gasteiger partial charge is 0.491 e. The monoisotopic (exact) mass is 343 g/mol. The molecule has 2 aromatic rings. The number of ether oxygens (including phenoxy) is 1. The maximum atomic E-state index is 10.9. The van der Waals surface area contributed by atoms with Gasteiger partial charge < -0.3 is 14.7 Å². The number of rotatable bonds is 7. The van der Waals surface area contributed by atoms with Crippen LogP contribution in [0.5, 0.6) is 5.75 Å². The van der Waals surface area contributed by atoms with E-state index < -0.39 is 5.97 Å². The lowest BCUT2D eigenvalue weighted by atomic mass is 10.0. The third kappa shape index (κ3) is 4.47. The molecule has 6 nitrogen and oxygen atoms in total. The van der Waals surface area contributed by atoms with Gasteiger partial charge in [-0.15, -0.1) is 0 Å². The fourth-order valence-electron chi connectivity index (χ4n) is 2.61. The van der Waals surface area contributed by atoms with Gasteiger partial charge in [0.25, 0.3) is 0 Å². The second kappa shape index (κ2) is 7.96. The molecule has 0 aliphatic rings. The number of nitrogens with zero attached hydrogens (tertiary/aromatic N) is 3. The molecule has 134 valence electrons. The number of hydrogen-bond acceptors (Lipinski definition) is 5. The van der Waals surface area contributed by atoms with E-state index in [-0.39, 0.29) is 11.9 Å². The molecule has 0 bridgehead atoms. The topological polar surface area (TPSA) is 75.6 Å². The van der Waals surface area contributed by atoms with Crippen molar-refractivity contribution in [2.75, 3.05) is 11.4 Å². The first-order chi connectivity index (χ1) is 11.8. The van der Waals surface area contributed by atoms with Crippen molar-refractivity contribution in [3.05, 3.63) is 42.0 Å². The van der Waals surface area contributed by atoms with Gasteiger partial charge in [-0.3, -0.25) is 0 Å². The number of carboxylic acid groups (broad SMARTS) is 1. The van der Waals surface area contributed by atoms with E-state index in [1.165, 1.54) is 12.4 Å². The summed E-state index contributed by atoms with van der Waals surface area (Å²) in [6, 6.07) is 6.13.